The maximum Gasteiger partial charge on any atom is 0.257 e. The van der Waals surface area contributed by atoms with Crippen molar-refractivity contribution >= 4 is 23.2 Å². The first kappa shape index (κ1) is 20.1. The van der Waals surface area contributed by atoms with Gasteiger partial charge in [-0.05, 0) is 55.2 Å². The van der Waals surface area contributed by atoms with Gasteiger partial charge in [-0.3, -0.25) is 4.79 Å². The van der Waals surface area contributed by atoms with Crippen molar-refractivity contribution in [1.82, 2.24) is 0 Å². The highest BCUT2D eigenvalue weighted by atomic mass is 16.5. The van der Waals surface area contributed by atoms with E-state index in [4.69, 9.17) is 9.15 Å². The van der Waals surface area contributed by atoms with Crippen molar-refractivity contribution in [2.24, 2.45) is 0 Å². The number of aliphatic hydroxyl groups is 1. The first-order chi connectivity index (χ1) is 14.4. The first-order valence-electron chi connectivity index (χ1n) is 9.85. The Morgan fingerprint density at radius 2 is 1.93 bits per heavy atom. The van der Waals surface area contributed by atoms with Crippen LogP contribution in [0.1, 0.15) is 40.5 Å². The highest BCUT2D eigenvalue weighted by Gasteiger charge is 2.49. The van der Waals surface area contributed by atoms with E-state index in [0.29, 0.717) is 16.8 Å². The molecule has 2 N–H and O–H groups in total. The average molecular weight is 403 g/mol. The lowest BCUT2D eigenvalue weighted by Crippen LogP contribution is -2.52. The minimum absolute atomic E-state index is 0.375. The van der Waals surface area contributed by atoms with Crippen LogP contribution in [0, 0.1) is 13.8 Å². The maximum absolute atomic E-state index is 12.7. The molecule has 4 rings (SSSR count). The zero-order chi connectivity index (χ0) is 21.5. The molecule has 0 saturated heterocycles. The van der Waals surface area contributed by atoms with Gasteiger partial charge in [0.05, 0.1) is 6.26 Å². The van der Waals surface area contributed by atoms with Crippen molar-refractivity contribution in [2.75, 3.05) is 12.4 Å². The molecule has 0 spiro atoms. The monoisotopic (exact) mass is 403 g/mol. The third kappa shape index (κ3) is 3.16. The fourth-order valence-corrected chi connectivity index (χ4v) is 4.37. The van der Waals surface area contributed by atoms with E-state index >= 15 is 0 Å². The number of nitrogens with one attached hydrogen (secondary N) is 1. The fraction of sp³-hybridized carbons (Fsp3) is 0.240. The third-order valence-electron chi connectivity index (χ3n) is 5.72. The third-order valence-corrected chi connectivity index (χ3v) is 5.72. The van der Waals surface area contributed by atoms with Crippen LogP contribution in [0.15, 0.2) is 59.2 Å². The van der Waals surface area contributed by atoms with Crippen LogP contribution in [0.3, 0.4) is 0 Å². The number of hydrogen-bond donors (Lipinski definition) is 2. The Morgan fingerprint density at radius 1 is 1.20 bits per heavy atom. The summed E-state index contributed by atoms with van der Waals surface area (Å²) in [6, 6.07) is 14.8. The second-order valence-corrected chi connectivity index (χ2v) is 7.72. The summed E-state index contributed by atoms with van der Waals surface area (Å²) in [7, 11) is 1.43. The van der Waals surface area contributed by atoms with Crippen LogP contribution in [-0.2, 0) is 15.1 Å². The zero-order valence-corrected chi connectivity index (χ0v) is 17.5. The van der Waals surface area contributed by atoms with Crippen LogP contribution in [0.4, 0.5) is 5.69 Å². The Hall–Kier alpha value is -3.15. The molecule has 1 aromatic heterocycles. The van der Waals surface area contributed by atoms with Crippen LogP contribution >= 0.6 is 0 Å². The average Bonchev–Trinajstić information content (AvgIpc) is 3.07. The quantitative estimate of drug-likeness (QED) is 0.665. The van der Waals surface area contributed by atoms with Crippen molar-refractivity contribution in [3.8, 4) is 0 Å². The molecule has 1 aliphatic rings. The molecule has 0 aliphatic carbocycles. The van der Waals surface area contributed by atoms with Crippen molar-refractivity contribution in [3.63, 3.8) is 0 Å². The summed E-state index contributed by atoms with van der Waals surface area (Å²) in [4.78, 5) is 12.7. The number of rotatable bonds is 4. The second kappa shape index (κ2) is 7.59. The number of aryl methyl sites for hydroxylation is 2. The highest BCUT2D eigenvalue weighted by molar-refractivity contribution is 6.00. The SMILES string of the molecule is COC1C(=O)Nc2ccc(C=C(C)c3c(C)coc3C)cc2C1(O)c1ccccc1. The topological polar surface area (TPSA) is 71.7 Å². The molecule has 5 heteroatoms. The molecular formula is C25H25NO4. The van der Waals surface area contributed by atoms with Gasteiger partial charge in [-0.2, -0.15) is 0 Å². The Bertz CT molecular complexity index is 1110. The fourth-order valence-electron chi connectivity index (χ4n) is 4.37. The molecule has 2 aromatic carbocycles. The lowest BCUT2D eigenvalue weighted by Gasteiger charge is -2.40. The summed E-state index contributed by atoms with van der Waals surface area (Å²) in [6.45, 7) is 6.00. The Balaban J connectivity index is 1.87. The standard InChI is InChI=1S/C25H25NO4/c1-15(22-16(2)14-30-17(22)3)12-18-10-11-21-20(13-18)25(28,19-8-6-5-7-9-19)23(29-4)24(27)26-21/h5-14,23,28H,1-4H3,(H,26,27). The van der Waals surface area contributed by atoms with Crippen LogP contribution in [0.25, 0.3) is 11.6 Å². The highest BCUT2D eigenvalue weighted by Crippen LogP contribution is 2.43. The molecule has 3 aromatic rings. The number of allylic oxidation sites excluding steroid dienone is 1. The van der Waals surface area contributed by atoms with Gasteiger partial charge < -0.3 is 19.6 Å². The number of amides is 1. The molecule has 0 fully saturated rings. The van der Waals surface area contributed by atoms with Gasteiger partial charge in [0.1, 0.15) is 5.76 Å². The number of furan rings is 1. The number of ether oxygens (including phenoxy) is 1. The largest absolute Gasteiger partial charge is 0.469 e. The molecule has 1 aliphatic heterocycles. The molecule has 0 bridgehead atoms. The van der Waals surface area contributed by atoms with Gasteiger partial charge in [0.15, 0.2) is 11.7 Å². The Labute approximate surface area is 176 Å². The van der Waals surface area contributed by atoms with Gasteiger partial charge in [0.25, 0.3) is 5.91 Å². The van der Waals surface area contributed by atoms with E-state index in [9.17, 15) is 9.90 Å². The summed E-state index contributed by atoms with van der Waals surface area (Å²) >= 11 is 0. The van der Waals surface area contributed by atoms with Gasteiger partial charge in [0.2, 0.25) is 0 Å². The minimum atomic E-state index is -1.60. The predicted octanol–water partition coefficient (Wildman–Crippen LogP) is 4.66. The van der Waals surface area contributed by atoms with E-state index in [0.717, 1.165) is 28.0 Å². The molecule has 30 heavy (non-hydrogen) atoms. The van der Waals surface area contributed by atoms with E-state index in [1.807, 2.05) is 57.2 Å². The van der Waals surface area contributed by atoms with Gasteiger partial charge in [0, 0.05) is 23.9 Å². The molecule has 0 saturated carbocycles. The van der Waals surface area contributed by atoms with Gasteiger partial charge in [-0.25, -0.2) is 0 Å². The summed E-state index contributed by atoms with van der Waals surface area (Å²) in [5, 5.41) is 14.7. The van der Waals surface area contributed by atoms with E-state index in [1.54, 1.807) is 18.4 Å². The predicted molar refractivity (Wildman–Crippen MR) is 117 cm³/mol. The number of carbonyl (C=O) groups excluding carboxylic acids is 1. The van der Waals surface area contributed by atoms with E-state index < -0.39 is 11.7 Å². The molecule has 1 amide bonds. The van der Waals surface area contributed by atoms with Gasteiger partial charge in [-0.1, -0.05) is 42.5 Å². The number of carbonyl (C=O) groups is 1. The molecule has 2 atom stereocenters. The number of benzene rings is 2. The molecule has 154 valence electrons. The lowest BCUT2D eigenvalue weighted by molar-refractivity contribution is -0.142. The minimum Gasteiger partial charge on any atom is -0.469 e. The second-order valence-electron chi connectivity index (χ2n) is 7.72. The number of methoxy groups -OCH3 is 1. The Morgan fingerprint density at radius 3 is 2.57 bits per heavy atom. The van der Waals surface area contributed by atoms with Crippen LogP contribution in [-0.4, -0.2) is 24.2 Å². The smallest absolute Gasteiger partial charge is 0.257 e. The molecule has 2 heterocycles. The lowest BCUT2D eigenvalue weighted by atomic mass is 9.77. The molecule has 0 radical (unpaired) electrons. The van der Waals surface area contributed by atoms with E-state index in [-0.39, 0.29) is 5.91 Å². The summed E-state index contributed by atoms with van der Waals surface area (Å²) in [5.41, 5.74) is 4.30. The van der Waals surface area contributed by atoms with Crippen LogP contribution < -0.4 is 5.32 Å². The normalized spacial score (nSPS) is 21.3. The van der Waals surface area contributed by atoms with Crippen LogP contribution in [0.5, 0.6) is 0 Å². The summed E-state index contributed by atoms with van der Waals surface area (Å²) in [6.07, 6.45) is 2.74. The summed E-state index contributed by atoms with van der Waals surface area (Å²) in [5.74, 6) is 0.493. The van der Waals surface area contributed by atoms with Crippen molar-refractivity contribution < 1.29 is 19.1 Å². The number of fused-ring (bicyclic) bond motifs is 1. The van der Waals surface area contributed by atoms with Crippen LogP contribution in [0.2, 0.25) is 0 Å². The molecular weight excluding hydrogens is 378 g/mol. The van der Waals surface area contributed by atoms with E-state index in [1.165, 1.54) is 7.11 Å². The van der Waals surface area contributed by atoms with Gasteiger partial charge in [-0.15, -0.1) is 0 Å². The van der Waals surface area contributed by atoms with Crippen molar-refractivity contribution in [1.29, 1.82) is 0 Å². The maximum atomic E-state index is 12.7. The van der Waals surface area contributed by atoms with Gasteiger partial charge >= 0.3 is 0 Å². The van der Waals surface area contributed by atoms with Crippen molar-refractivity contribution in [2.45, 2.75) is 32.5 Å². The first-order valence-corrected chi connectivity index (χ1v) is 9.85. The van der Waals surface area contributed by atoms with Crippen molar-refractivity contribution in [3.05, 3.63) is 88.4 Å². The van der Waals surface area contributed by atoms with E-state index in [2.05, 4.69) is 11.4 Å². The Kier molecular flexibility index (Phi) is 5.10. The summed E-state index contributed by atoms with van der Waals surface area (Å²) < 4.78 is 11.0. The number of anilines is 1. The molecule has 2 unspecified atom stereocenters. The zero-order valence-electron chi connectivity index (χ0n) is 17.5. The molecule has 5 nitrogen and oxygen atoms in total. The number of hydrogen-bond acceptors (Lipinski definition) is 4.